The van der Waals surface area contributed by atoms with E-state index >= 15 is 0 Å². The molecule has 6 heavy (non-hydrogen) atoms. The van der Waals surface area contributed by atoms with Crippen LogP contribution < -0.4 is 0 Å². The maximum Gasteiger partial charge on any atom is 0.127 e. The van der Waals surface area contributed by atoms with Crippen LogP contribution in [0.2, 0.25) is 0 Å². The highest BCUT2D eigenvalue weighted by Gasteiger charge is 2.07. The normalized spacial score (nSPS) is 22.3. The van der Waals surface area contributed by atoms with Crippen LogP contribution in [-0.4, -0.2) is 3.53 Å². The molecular formula is CS5. The van der Waals surface area contributed by atoms with Crippen LogP contribution in [0.3, 0.4) is 0 Å². The van der Waals surface area contributed by atoms with Crippen LogP contribution in [0.1, 0.15) is 0 Å². The molecule has 0 aromatic heterocycles. The monoisotopic (exact) mass is 172 g/mol. The molecular weight excluding hydrogens is 172 g/mol. The summed E-state index contributed by atoms with van der Waals surface area (Å²) in [7, 11) is 6.82. The lowest BCUT2D eigenvalue weighted by Crippen LogP contribution is -1.56. The zero-order valence-corrected chi connectivity index (χ0v) is 6.62. The Morgan fingerprint density at radius 1 is 1.17 bits per heavy atom. The molecule has 5 heteroatoms. The van der Waals surface area contributed by atoms with E-state index in [1.165, 1.54) is 0 Å². The van der Waals surface area contributed by atoms with Crippen molar-refractivity contribution in [3.05, 3.63) is 0 Å². The predicted molar refractivity (Wildman–Crippen MR) is 43.0 cm³/mol. The van der Waals surface area contributed by atoms with Gasteiger partial charge in [-0.05, 0) is 41.2 Å². The van der Waals surface area contributed by atoms with Gasteiger partial charge in [0.15, 0.2) is 0 Å². The summed E-state index contributed by atoms with van der Waals surface area (Å²) in [6, 6.07) is 0. The van der Waals surface area contributed by atoms with Crippen molar-refractivity contribution < 1.29 is 0 Å². The highest BCUT2D eigenvalue weighted by molar-refractivity contribution is 9.37. The molecule has 0 radical (unpaired) electrons. The third kappa shape index (κ3) is 1.54. The Morgan fingerprint density at radius 2 is 1.67 bits per heavy atom. The van der Waals surface area contributed by atoms with Gasteiger partial charge in [0.25, 0.3) is 0 Å². The maximum absolute atomic E-state index is 4.80. The molecule has 0 aromatic carbocycles. The minimum atomic E-state index is 1.05. The zero-order chi connectivity index (χ0) is 4.41. The first-order valence-corrected chi connectivity index (χ1v) is 6.34. The van der Waals surface area contributed by atoms with E-state index in [4.69, 9.17) is 12.2 Å². The third-order valence-electron chi connectivity index (χ3n) is 0.232. The fourth-order valence-electron chi connectivity index (χ4n) is 0.0972. The molecule has 0 N–H and O–H groups in total. The minimum absolute atomic E-state index is 1.05. The highest BCUT2D eigenvalue weighted by atomic mass is 33.7. The quantitative estimate of drug-likeness (QED) is 0.406. The first-order valence-electron chi connectivity index (χ1n) is 1.11. The van der Waals surface area contributed by atoms with Gasteiger partial charge in [-0.25, -0.2) is 0 Å². The summed E-state index contributed by atoms with van der Waals surface area (Å²) in [6.07, 6.45) is 0. The Morgan fingerprint density at radius 3 is 1.83 bits per heavy atom. The van der Waals surface area contributed by atoms with Crippen LogP contribution in [0.5, 0.6) is 0 Å². The molecule has 0 atom stereocenters. The Labute approximate surface area is 56.8 Å². The molecule has 1 fully saturated rings. The van der Waals surface area contributed by atoms with Gasteiger partial charge in [-0.2, -0.15) is 0 Å². The molecule has 0 bridgehead atoms. The van der Waals surface area contributed by atoms with Gasteiger partial charge in [-0.3, -0.25) is 0 Å². The van der Waals surface area contributed by atoms with Crippen LogP contribution >= 0.6 is 53.5 Å². The molecule has 0 nitrogen and oxygen atoms in total. The molecule has 34 valence electrons. The van der Waals surface area contributed by atoms with E-state index in [0.29, 0.717) is 0 Å². The molecule has 1 aliphatic rings. The summed E-state index contributed by atoms with van der Waals surface area (Å²) in [5, 5.41) is 0. The van der Waals surface area contributed by atoms with Gasteiger partial charge in [-0.15, -0.1) is 0 Å². The van der Waals surface area contributed by atoms with Crippen molar-refractivity contribution in [3.63, 3.8) is 0 Å². The average Bonchev–Trinajstić information content (AvgIpc) is 1.86. The number of hydrogen-bond donors (Lipinski definition) is 0. The Hall–Kier alpha value is 1.49. The Kier molecular flexibility index (Phi) is 2.54. The van der Waals surface area contributed by atoms with Crippen molar-refractivity contribution in [2.75, 3.05) is 0 Å². The van der Waals surface area contributed by atoms with E-state index < -0.39 is 0 Å². The molecule has 0 spiro atoms. The van der Waals surface area contributed by atoms with Crippen molar-refractivity contribution in [1.82, 2.24) is 0 Å². The zero-order valence-electron chi connectivity index (χ0n) is 2.54. The van der Waals surface area contributed by atoms with Gasteiger partial charge >= 0.3 is 0 Å². The van der Waals surface area contributed by atoms with Crippen LogP contribution in [0.15, 0.2) is 0 Å². The molecule has 0 aliphatic carbocycles. The van der Waals surface area contributed by atoms with Gasteiger partial charge in [-0.1, -0.05) is 12.2 Å². The molecule has 0 saturated carbocycles. The maximum atomic E-state index is 4.80. The summed E-state index contributed by atoms with van der Waals surface area (Å²) in [4.78, 5) is 0. The molecule has 1 aliphatic heterocycles. The van der Waals surface area contributed by atoms with Gasteiger partial charge in [0.1, 0.15) is 3.53 Å². The molecule has 1 heterocycles. The lowest BCUT2D eigenvalue weighted by molar-refractivity contribution is 4.22. The van der Waals surface area contributed by atoms with Crippen LogP contribution in [0.4, 0.5) is 0 Å². The van der Waals surface area contributed by atoms with E-state index in [9.17, 15) is 0 Å². The fraction of sp³-hybridized carbons (Fsp3) is 0. The van der Waals surface area contributed by atoms with Crippen molar-refractivity contribution in [2.24, 2.45) is 0 Å². The van der Waals surface area contributed by atoms with Crippen LogP contribution in [0, 0.1) is 0 Å². The summed E-state index contributed by atoms with van der Waals surface area (Å²) >= 11 is 4.80. The lowest BCUT2D eigenvalue weighted by atomic mass is 11.9. The Bertz CT molecular complexity index is 58.3. The third-order valence-corrected chi connectivity index (χ3v) is 7.76. The van der Waals surface area contributed by atoms with Gasteiger partial charge in [0.05, 0.1) is 0 Å². The molecule has 0 amide bonds. The number of rotatable bonds is 0. The molecule has 1 saturated heterocycles. The van der Waals surface area contributed by atoms with Crippen molar-refractivity contribution >= 4 is 57.0 Å². The average molecular weight is 172 g/mol. The molecule has 0 aromatic rings. The molecule has 1 rings (SSSR count). The predicted octanol–water partition coefficient (Wildman–Crippen LogP) is 2.96. The summed E-state index contributed by atoms with van der Waals surface area (Å²) in [5.41, 5.74) is 0. The highest BCUT2D eigenvalue weighted by Crippen LogP contribution is 2.55. The smallest absolute Gasteiger partial charge is 0.0630 e. The standard InChI is InChI=1S/CS5/c2-1-3-5-6-4-1. The molecule has 0 unspecified atom stereocenters. The topological polar surface area (TPSA) is 0 Å². The Balaban J connectivity index is 2.37. The van der Waals surface area contributed by atoms with Gasteiger partial charge in [0, 0.05) is 0 Å². The largest absolute Gasteiger partial charge is 0.127 e. The summed E-state index contributed by atoms with van der Waals surface area (Å²) in [5.74, 6) is 0. The first-order chi connectivity index (χ1) is 2.89. The van der Waals surface area contributed by atoms with Gasteiger partial charge in [0.2, 0.25) is 0 Å². The first kappa shape index (κ1) is 5.62. The van der Waals surface area contributed by atoms with Gasteiger partial charge < -0.3 is 0 Å². The van der Waals surface area contributed by atoms with E-state index in [-0.39, 0.29) is 0 Å². The van der Waals surface area contributed by atoms with Crippen LogP contribution in [-0.2, 0) is 0 Å². The van der Waals surface area contributed by atoms with E-state index in [2.05, 4.69) is 0 Å². The van der Waals surface area contributed by atoms with Crippen molar-refractivity contribution in [1.29, 1.82) is 0 Å². The fourth-order valence-corrected chi connectivity index (χ4v) is 7.87. The summed E-state index contributed by atoms with van der Waals surface area (Å²) < 4.78 is 1.05. The van der Waals surface area contributed by atoms with E-state index in [1.54, 1.807) is 41.2 Å². The summed E-state index contributed by atoms with van der Waals surface area (Å²) in [6.45, 7) is 0. The van der Waals surface area contributed by atoms with E-state index in [0.717, 1.165) is 3.53 Å². The van der Waals surface area contributed by atoms with E-state index in [1.807, 2.05) is 0 Å². The second-order valence-corrected chi connectivity index (χ2v) is 7.42. The number of thiocarbonyl (C=S) groups is 1. The second kappa shape index (κ2) is 2.71. The number of hydrogen-bond acceptors (Lipinski definition) is 5. The van der Waals surface area contributed by atoms with Crippen LogP contribution in [0.25, 0.3) is 0 Å². The lowest BCUT2D eigenvalue weighted by Gasteiger charge is -1.70. The van der Waals surface area contributed by atoms with Crippen molar-refractivity contribution in [2.45, 2.75) is 0 Å². The second-order valence-electron chi connectivity index (χ2n) is 0.553. The SMILES string of the molecule is S=C1SSSS1. The van der Waals surface area contributed by atoms with Crippen molar-refractivity contribution in [3.8, 4) is 0 Å². The minimum Gasteiger partial charge on any atom is -0.0630 e.